The Hall–Kier alpha value is -2.15. The van der Waals surface area contributed by atoms with E-state index in [1.165, 1.54) is 16.7 Å². The van der Waals surface area contributed by atoms with E-state index in [9.17, 15) is 4.79 Å². The summed E-state index contributed by atoms with van der Waals surface area (Å²) in [5.74, 6) is 0.0940. The number of carbonyl (C=O) groups is 1. The van der Waals surface area contributed by atoms with Gasteiger partial charge in [0.25, 0.3) is 0 Å². The molecule has 2 aromatic carbocycles. The van der Waals surface area contributed by atoms with Crippen molar-refractivity contribution in [3.8, 4) is 11.1 Å². The predicted molar refractivity (Wildman–Crippen MR) is 70.0 cm³/mol. The summed E-state index contributed by atoms with van der Waals surface area (Å²) in [6.07, 6.45) is 0. The lowest BCUT2D eigenvalue weighted by molar-refractivity contribution is 0.101. The summed E-state index contributed by atoms with van der Waals surface area (Å²) in [6, 6.07) is 14.1. The van der Waals surface area contributed by atoms with Gasteiger partial charge in [0, 0.05) is 5.56 Å². The maximum absolute atomic E-state index is 11.4. The SMILES string of the molecule is C=C1c2ccccc2-c2ccc(C(C)=O)cc21. The van der Waals surface area contributed by atoms with E-state index in [4.69, 9.17) is 0 Å². The third kappa shape index (κ3) is 1.36. The van der Waals surface area contributed by atoms with Gasteiger partial charge in [-0.15, -0.1) is 0 Å². The molecule has 0 amide bonds. The summed E-state index contributed by atoms with van der Waals surface area (Å²) < 4.78 is 0. The fraction of sp³-hybridized carbons (Fsp3) is 0.0625. The fourth-order valence-corrected chi connectivity index (χ4v) is 2.37. The van der Waals surface area contributed by atoms with Crippen molar-refractivity contribution in [3.63, 3.8) is 0 Å². The molecule has 0 bridgehead atoms. The van der Waals surface area contributed by atoms with E-state index < -0.39 is 0 Å². The topological polar surface area (TPSA) is 17.1 Å². The molecule has 3 rings (SSSR count). The third-order valence-corrected chi connectivity index (χ3v) is 3.29. The van der Waals surface area contributed by atoms with Crippen LogP contribution in [0.25, 0.3) is 16.7 Å². The van der Waals surface area contributed by atoms with E-state index in [0.717, 1.165) is 16.7 Å². The lowest BCUT2D eigenvalue weighted by Crippen LogP contribution is -1.92. The van der Waals surface area contributed by atoms with E-state index >= 15 is 0 Å². The van der Waals surface area contributed by atoms with Crippen LogP contribution >= 0.6 is 0 Å². The number of benzene rings is 2. The average Bonchev–Trinajstić information content (AvgIpc) is 2.64. The summed E-state index contributed by atoms with van der Waals surface area (Å²) in [7, 11) is 0. The van der Waals surface area contributed by atoms with Gasteiger partial charge >= 0.3 is 0 Å². The highest BCUT2D eigenvalue weighted by Crippen LogP contribution is 2.43. The second kappa shape index (κ2) is 3.42. The minimum Gasteiger partial charge on any atom is -0.295 e. The molecule has 0 saturated heterocycles. The molecule has 17 heavy (non-hydrogen) atoms. The van der Waals surface area contributed by atoms with Crippen LogP contribution in [0.15, 0.2) is 49.0 Å². The predicted octanol–water partition coefficient (Wildman–Crippen LogP) is 3.93. The van der Waals surface area contributed by atoms with Crippen molar-refractivity contribution in [2.75, 3.05) is 0 Å². The van der Waals surface area contributed by atoms with Gasteiger partial charge in [-0.05, 0) is 40.8 Å². The first-order valence-corrected chi connectivity index (χ1v) is 5.62. The summed E-state index contributed by atoms with van der Waals surface area (Å²) in [6.45, 7) is 5.72. The van der Waals surface area contributed by atoms with Gasteiger partial charge in [-0.1, -0.05) is 43.0 Å². The van der Waals surface area contributed by atoms with Gasteiger partial charge in [-0.25, -0.2) is 0 Å². The largest absolute Gasteiger partial charge is 0.295 e. The summed E-state index contributed by atoms with van der Waals surface area (Å²) in [5, 5.41) is 0. The first-order chi connectivity index (χ1) is 8.18. The van der Waals surface area contributed by atoms with E-state index in [2.05, 4.69) is 18.7 Å². The minimum absolute atomic E-state index is 0.0940. The summed E-state index contributed by atoms with van der Waals surface area (Å²) >= 11 is 0. The zero-order valence-electron chi connectivity index (χ0n) is 9.66. The van der Waals surface area contributed by atoms with Gasteiger partial charge in [0.1, 0.15) is 0 Å². The number of fused-ring (bicyclic) bond motifs is 3. The molecule has 0 heterocycles. The second-order valence-corrected chi connectivity index (χ2v) is 4.34. The van der Waals surface area contributed by atoms with Gasteiger partial charge in [-0.3, -0.25) is 4.79 Å². The average molecular weight is 220 g/mol. The van der Waals surface area contributed by atoms with Gasteiger partial charge < -0.3 is 0 Å². The van der Waals surface area contributed by atoms with E-state index in [1.54, 1.807) is 6.92 Å². The number of hydrogen-bond donors (Lipinski definition) is 0. The van der Waals surface area contributed by atoms with Gasteiger partial charge in [0.15, 0.2) is 5.78 Å². The van der Waals surface area contributed by atoms with Crippen LogP contribution < -0.4 is 0 Å². The Morgan fingerprint density at radius 2 is 1.59 bits per heavy atom. The van der Waals surface area contributed by atoms with Crippen molar-refractivity contribution in [1.82, 2.24) is 0 Å². The van der Waals surface area contributed by atoms with Crippen molar-refractivity contribution >= 4 is 11.4 Å². The molecule has 2 aromatic rings. The zero-order chi connectivity index (χ0) is 12.0. The first-order valence-electron chi connectivity index (χ1n) is 5.62. The highest BCUT2D eigenvalue weighted by Gasteiger charge is 2.21. The van der Waals surface area contributed by atoms with Crippen LogP contribution in [-0.2, 0) is 0 Å². The highest BCUT2D eigenvalue weighted by molar-refractivity contribution is 6.03. The lowest BCUT2D eigenvalue weighted by atomic mass is 10.0. The molecule has 0 radical (unpaired) electrons. The minimum atomic E-state index is 0.0940. The molecule has 0 saturated carbocycles. The number of hydrogen-bond acceptors (Lipinski definition) is 1. The first kappa shape index (κ1) is 10.0. The standard InChI is InChI=1S/C16H12O/c1-10-13-5-3-4-6-14(13)15-8-7-12(11(2)17)9-16(10)15/h3-9H,1H2,2H3. The molecule has 1 nitrogen and oxygen atoms in total. The Morgan fingerprint density at radius 3 is 2.29 bits per heavy atom. The maximum Gasteiger partial charge on any atom is 0.159 e. The van der Waals surface area contributed by atoms with Crippen LogP contribution in [0.4, 0.5) is 0 Å². The third-order valence-electron chi connectivity index (χ3n) is 3.29. The van der Waals surface area contributed by atoms with Gasteiger partial charge in [0.2, 0.25) is 0 Å². The number of carbonyl (C=O) groups excluding carboxylic acids is 1. The molecular weight excluding hydrogens is 208 g/mol. The van der Waals surface area contributed by atoms with Crippen molar-refractivity contribution in [2.24, 2.45) is 0 Å². The maximum atomic E-state index is 11.4. The van der Waals surface area contributed by atoms with Gasteiger partial charge in [-0.2, -0.15) is 0 Å². The number of ketones is 1. The van der Waals surface area contributed by atoms with E-state index in [1.807, 2.05) is 30.3 Å². The van der Waals surface area contributed by atoms with Crippen LogP contribution in [0.1, 0.15) is 28.4 Å². The Balaban J connectivity index is 2.28. The molecule has 0 aliphatic heterocycles. The van der Waals surface area contributed by atoms with Crippen LogP contribution in [0.2, 0.25) is 0 Å². The molecule has 0 unspecified atom stereocenters. The smallest absolute Gasteiger partial charge is 0.159 e. The molecule has 1 aliphatic carbocycles. The molecule has 0 spiro atoms. The van der Waals surface area contributed by atoms with Crippen LogP contribution in [0.3, 0.4) is 0 Å². The van der Waals surface area contributed by atoms with Crippen LogP contribution in [0, 0.1) is 0 Å². The second-order valence-electron chi connectivity index (χ2n) is 4.34. The zero-order valence-corrected chi connectivity index (χ0v) is 9.66. The van der Waals surface area contributed by atoms with Crippen molar-refractivity contribution < 1.29 is 4.79 Å². The van der Waals surface area contributed by atoms with Gasteiger partial charge in [0.05, 0.1) is 0 Å². The highest BCUT2D eigenvalue weighted by atomic mass is 16.1. The van der Waals surface area contributed by atoms with Crippen molar-refractivity contribution in [1.29, 1.82) is 0 Å². The molecule has 1 aliphatic rings. The monoisotopic (exact) mass is 220 g/mol. The number of Topliss-reactive ketones (excluding diaryl/α,β-unsaturated/α-hetero) is 1. The lowest BCUT2D eigenvalue weighted by Gasteiger charge is -2.02. The Labute approximate surface area is 100 Å². The van der Waals surface area contributed by atoms with Crippen molar-refractivity contribution in [3.05, 3.63) is 65.7 Å². The Morgan fingerprint density at radius 1 is 0.941 bits per heavy atom. The molecule has 0 atom stereocenters. The van der Waals surface area contributed by atoms with Crippen molar-refractivity contribution in [2.45, 2.75) is 6.92 Å². The van der Waals surface area contributed by atoms with E-state index in [0.29, 0.717) is 0 Å². The summed E-state index contributed by atoms with van der Waals surface area (Å²) in [4.78, 5) is 11.4. The molecule has 0 aromatic heterocycles. The summed E-state index contributed by atoms with van der Waals surface area (Å²) in [5.41, 5.74) is 6.40. The normalized spacial score (nSPS) is 12.2. The van der Waals surface area contributed by atoms with Crippen LogP contribution in [0.5, 0.6) is 0 Å². The fourth-order valence-electron chi connectivity index (χ4n) is 2.37. The number of rotatable bonds is 1. The quantitative estimate of drug-likeness (QED) is 0.568. The Kier molecular flexibility index (Phi) is 2.02. The molecule has 1 heteroatoms. The van der Waals surface area contributed by atoms with E-state index in [-0.39, 0.29) is 5.78 Å². The van der Waals surface area contributed by atoms with Crippen LogP contribution in [-0.4, -0.2) is 5.78 Å². The molecular formula is C16H12O. The molecule has 0 fully saturated rings. The molecule has 82 valence electrons. The molecule has 0 N–H and O–H groups in total. The Bertz CT molecular complexity index is 650.